The lowest BCUT2D eigenvalue weighted by atomic mass is 9.88. The van der Waals surface area contributed by atoms with Gasteiger partial charge in [-0.15, -0.1) is 0 Å². The van der Waals surface area contributed by atoms with Gasteiger partial charge in [0.25, 0.3) is 0 Å². The number of ketones is 1. The van der Waals surface area contributed by atoms with E-state index in [-0.39, 0.29) is 6.42 Å². The smallest absolute Gasteiger partial charge is 0.244 e. The third-order valence-electron chi connectivity index (χ3n) is 4.87. The van der Waals surface area contributed by atoms with Crippen LogP contribution in [0.25, 0.3) is 0 Å². The van der Waals surface area contributed by atoms with Crippen molar-refractivity contribution in [2.75, 3.05) is 5.32 Å². The SMILES string of the molecule is O=C1CC(c2ccccc2)NC(=O)C1C(=O)Nc1ccc(Oc2ccccc2)cc1. The van der Waals surface area contributed by atoms with Gasteiger partial charge < -0.3 is 15.4 Å². The Kier molecular flexibility index (Phi) is 5.57. The van der Waals surface area contributed by atoms with E-state index in [2.05, 4.69) is 10.6 Å². The van der Waals surface area contributed by atoms with E-state index in [1.54, 1.807) is 24.3 Å². The predicted molar refractivity (Wildman–Crippen MR) is 112 cm³/mol. The Labute approximate surface area is 173 Å². The molecule has 1 saturated heterocycles. The highest BCUT2D eigenvalue weighted by molar-refractivity contribution is 6.22. The summed E-state index contributed by atoms with van der Waals surface area (Å²) in [5.41, 5.74) is 1.32. The van der Waals surface area contributed by atoms with Gasteiger partial charge >= 0.3 is 0 Å². The first-order valence-corrected chi connectivity index (χ1v) is 9.62. The van der Waals surface area contributed by atoms with Gasteiger partial charge in [0.15, 0.2) is 11.7 Å². The quantitative estimate of drug-likeness (QED) is 0.637. The summed E-state index contributed by atoms with van der Waals surface area (Å²) >= 11 is 0. The lowest BCUT2D eigenvalue weighted by Crippen LogP contribution is -2.49. The average Bonchev–Trinajstić information content (AvgIpc) is 2.76. The molecule has 6 heteroatoms. The van der Waals surface area contributed by atoms with Gasteiger partial charge in [0.1, 0.15) is 11.5 Å². The van der Waals surface area contributed by atoms with Gasteiger partial charge in [-0.3, -0.25) is 14.4 Å². The van der Waals surface area contributed by atoms with Gasteiger partial charge in [0.2, 0.25) is 11.8 Å². The summed E-state index contributed by atoms with van der Waals surface area (Å²) in [7, 11) is 0. The highest BCUT2D eigenvalue weighted by Gasteiger charge is 2.40. The molecule has 0 spiro atoms. The number of para-hydroxylation sites is 1. The van der Waals surface area contributed by atoms with Crippen molar-refractivity contribution in [3.8, 4) is 11.5 Å². The number of piperidine rings is 1. The Hall–Kier alpha value is -3.93. The monoisotopic (exact) mass is 400 g/mol. The number of rotatable bonds is 5. The van der Waals surface area contributed by atoms with Gasteiger partial charge in [0, 0.05) is 12.1 Å². The molecular formula is C24H20N2O4. The highest BCUT2D eigenvalue weighted by atomic mass is 16.5. The zero-order chi connectivity index (χ0) is 20.9. The molecule has 1 fully saturated rings. The first-order chi connectivity index (χ1) is 14.6. The Morgan fingerprint density at radius 3 is 2.07 bits per heavy atom. The normalized spacial score (nSPS) is 18.4. The van der Waals surface area contributed by atoms with E-state index in [1.165, 1.54) is 0 Å². The number of anilines is 1. The van der Waals surface area contributed by atoms with Gasteiger partial charge in [-0.25, -0.2) is 0 Å². The van der Waals surface area contributed by atoms with Gasteiger partial charge in [-0.1, -0.05) is 48.5 Å². The number of hydrogen-bond donors (Lipinski definition) is 2. The van der Waals surface area contributed by atoms with E-state index in [0.29, 0.717) is 17.2 Å². The molecule has 6 nitrogen and oxygen atoms in total. The Morgan fingerprint density at radius 1 is 0.833 bits per heavy atom. The summed E-state index contributed by atoms with van der Waals surface area (Å²) in [4.78, 5) is 37.6. The molecule has 30 heavy (non-hydrogen) atoms. The van der Waals surface area contributed by atoms with Crippen molar-refractivity contribution in [3.05, 3.63) is 90.5 Å². The van der Waals surface area contributed by atoms with Crippen molar-refractivity contribution < 1.29 is 19.1 Å². The largest absolute Gasteiger partial charge is 0.457 e. The van der Waals surface area contributed by atoms with Crippen LogP contribution in [0.1, 0.15) is 18.0 Å². The van der Waals surface area contributed by atoms with Crippen molar-refractivity contribution in [1.29, 1.82) is 0 Å². The molecule has 2 atom stereocenters. The third kappa shape index (κ3) is 4.38. The van der Waals surface area contributed by atoms with E-state index >= 15 is 0 Å². The predicted octanol–water partition coefficient (Wildman–Crippen LogP) is 3.86. The molecule has 0 radical (unpaired) electrons. The van der Waals surface area contributed by atoms with Crippen LogP contribution in [-0.2, 0) is 14.4 Å². The second-order valence-corrected chi connectivity index (χ2v) is 7.00. The highest BCUT2D eigenvalue weighted by Crippen LogP contribution is 2.26. The summed E-state index contributed by atoms with van der Waals surface area (Å²) in [6, 6.07) is 24.9. The maximum atomic E-state index is 12.6. The molecule has 150 valence electrons. The summed E-state index contributed by atoms with van der Waals surface area (Å²) in [6.07, 6.45) is 0.0810. The summed E-state index contributed by atoms with van der Waals surface area (Å²) in [5, 5.41) is 5.42. The Balaban J connectivity index is 1.39. The van der Waals surface area contributed by atoms with Crippen molar-refractivity contribution in [1.82, 2.24) is 5.32 Å². The first-order valence-electron chi connectivity index (χ1n) is 9.62. The fourth-order valence-electron chi connectivity index (χ4n) is 3.37. The molecule has 0 aliphatic carbocycles. The van der Waals surface area contributed by atoms with E-state index in [0.717, 1.165) is 5.56 Å². The van der Waals surface area contributed by atoms with Crippen LogP contribution in [0.4, 0.5) is 5.69 Å². The molecule has 0 saturated carbocycles. The molecule has 3 aromatic carbocycles. The van der Waals surface area contributed by atoms with Crippen LogP contribution in [0.15, 0.2) is 84.9 Å². The van der Waals surface area contributed by atoms with E-state index in [1.807, 2.05) is 60.7 Å². The molecule has 4 rings (SSSR count). The van der Waals surface area contributed by atoms with Crippen LogP contribution in [0.5, 0.6) is 11.5 Å². The third-order valence-corrected chi connectivity index (χ3v) is 4.87. The number of nitrogens with one attached hydrogen (secondary N) is 2. The summed E-state index contributed by atoms with van der Waals surface area (Å²) in [6.45, 7) is 0. The van der Waals surface area contributed by atoms with Crippen LogP contribution < -0.4 is 15.4 Å². The second kappa shape index (κ2) is 8.61. The molecule has 1 aliphatic heterocycles. The fourth-order valence-corrected chi connectivity index (χ4v) is 3.37. The van der Waals surface area contributed by atoms with Gasteiger partial charge in [0.05, 0.1) is 6.04 Å². The molecule has 1 aliphatic rings. The lowest BCUT2D eigenvalue weighted by Gasteiger charge is -2.27. The fraction of sp³-hybridized carbons (Fsp3) is 0.125. The summed E-state index contributed by atoms with van der Waals surface area (Å²) < 4.78 is 5.71. The number of amides is 2. The standard InChI is InChI=1S/C24H20N2O4/c27-21-15-20(16-7-3-1-4-8-16)26-24(29)22(21)23(28)25-17-11-13-19(14-12-17)30-18-9-5-2-6-10-18/h1-14,20,22H,15H2,(H,25,28)(H,26,29). The Bertz CT molecular complexity index is 1030. The minimum Gasteiger partial charge on any atom is -0.457 e. The minimum absolute atomic E-state index is 0.0810. The Morgan fingerprint density at radius 2 is 1.43 bits per heavy atom. The number of benzene rings is 3. The van der Waals surface area contributed by atoms with E-state index in [4.69, 9.17) is 4.74 Å². The molecule has 3 aromatic rings. The molecular weight excluding hydrogens is 380 g/mol. The zero-order valence-corrected chi connectivity index (χ0v) is 16.1. The maximum Gasteiger partial charge on any atom is 0.244 e. The van der Waals surface area contributed by atoms with Crippen molar-refractivity contribution >= 4 is 23.3 Å². The topological polar surface area (TPSA) is 84.5 Å². The average molecular weight is 400 g/mol. The molecule has 1 heterocycles. The molecule has 2 N–H and O–H groups in total. The van der Waals surface area contributed by atoms with E-state index in [9.17, 15) is 14.4 Å². The van der Waals surface area contributed by atoms with E-state index < -0.39 is 29.6 Å². The maximum absolute atomic E-state index is 12.6. The number of hydrogen-bond acceptors (Lipinski definition) is 4. The van der Waals surface area contributed by atoms with Crippen molar-refractivity contribution in [2.45, 2.75) is 12.5 Å². The van der Waals surface area contributed by atoms with Crippen LogP contribution in [0.2, 0.25) is 0 Å². The molecule has 2 amide bonds. The first kappa shape index (κ1) is 19.4. The molecule has 2 unspecified atom stereocenters. The summed E-state index contributed by atoms with van der Waals surface area (Å²) in [5.74, 6) is -1.66. The van der Waals surface area contributed by atoms with Crippen molar-refractivity contribution in [2.24, 2.45) is 5.92 Å². The minimum atomic E-state index is -1.36. The van der Waals surface area contributed by atoms with Crippen molar-refractivity contribution in [3.63, 3.8) is 0 Å². The van der Waals surface area contributed by atoms with Crippen LogP contribution in [-0.4, -0.2) is 17.6 Å². The van der Waals surface area contributed by atoms with Gasteiger partial charge in [-0.05, 0) is 42.0 Å². The number of ether oxygens (including phenoxy) is 1. The molecule has 0 aromatic heterocycles. The van der Waals surface area contributed by atoms with Crippen LogP contribution >= 0.6 is 0 Å². The van der Waals surface area contributed by atoms with Crippen LogP contribution in [0.3, 0.4) is 0 Å². The molecule has 0 bridgehead atoms. The second-order valence-electron chi connectivity index (χ2n) is 7.00. The number of carbonyl (C=O) groups excluding carboxylic acids is 3. The number of carbonyl (C=O) groups is 3. The van der Waals surface area contributed by atoms with Crippen LogP contribution in [0, 0.1) is 5.92 Å². The lowest BCUT2D eigenvalue weighted by molar-refractivity contribution is -0.143. The zero-order valence-electron chi connectivity index (χ0n) is 16.1. The van der Waals surface area contributed by atoms with Gasteiger partial charge in [-0.2, -0.15) is 0 Å². The number of Topliss-reactive ketones (excluding diaryl/α,β-unsaturated/α-hetero) is 1.